The van der Waals surface area contributed by atoms with Crippen LogP contribution in [0, 0.1) is 6.92 Å². The van der Waals surface area contributed by atoms with Crippen LogP contribution in [-0.4, -0.2) is 16.1 Å². The van der Waals surface area contributed by atoms with Gasteiger partial charge in [0.15, 0.2) is 0 Å². The van der Waals surface area contributed by atoms with Crippen molar-refractivity contribution in [2.45, 2.75) is 6.92 Å². The topological polar surface area (TPSA) is 50.2 Å². The van der Waals surface area contributed by atoms with Gasteiger partial charge in [-0.1, -0.05) is 11.6 Å². The fraction of sp³-hybridized carbons (Fsp3) is 0.0909. The first-order chi connectivity index (χ1) is 7.49. The average molecular weight is 301 g/mol. The Bertz CT molecular complexity index is 598. The van der Waals surface area contributed by atoms with E-state index in [9.17, 15) is 4.79 Å². The Labute approximate surface area is 105 Å². The van der Waals surface area contributed by atoms with Gasteiger partial charge in [-0.15, -0.1) is 0 Å². The summed E-state index contributed by atoms with van der Waals surface area (Å²) in [6.07, 6.45) is 0. The van der Waals surface area contributed by atoms with Gasteiger partial charge >= 0.3 is 5.97 Å². The van der Waals surface area contributed by atoms with Crippen LogP contribution in [0.25, 0.3) is 10.9 Å². The van der Waals surface area contributed by atoms with Gasteiger partial charge in [-0.05, 0) is 46.6 Å². The molecule has 0 bridgehead atoms. The number of carbonyl (C=O) groups is 1. The zero-order chi connectivity index (χ0) is 11.9. The van der Waals surface area contributed by atoms with Crippen LogP contribution in [0.4, 0.5) is 0 Å². The number of halogens is 2. The summed E-state index contributed by atoms with van der Waals surface area (Å²) < 4.78 is 0.503. The number of rotatable bonds is 1. The molecule has 0 amide bonds. The maximum absolute atomic E-state index is 11.1. The first-order valence-corrected chi connectivity index (χ1v) is 5.66. The summed E-state index contributed by atoms with van der Waals surface area (Å²) in [4.78, 5) is 15.4. The second kappa shape index (κ2) is 4.03. The lowest BCUT2D eigenvalue weighted by molar-refractivity contribution is 0.0699. The molecule has 5 heteroatoms. The second-order valence-electron chi connectivity index (χ2n) is 3.42. The van der Waals surface area contributed by atoms with Gasteiger partial charge in [-0.3, -0.25) is 0 Å². The zero-order valence-electron chi connectivity index (χ0n) is 8.29. The van der Waals surface area contributed by atoms with Gasteiger partial charge in [0, 0.05) is 10.4 Å². The molecule has 16 heavy (non-hydrogen) atoms. The van der Waals surface area contributed by atoms with E-state index in [1.807, 2.05) is 6.92 Å². The van der Waals surface area contributed by atoms with Crippen LogP contribution in [0.2, 0.25) is 5.02 Å². The lowest BCUT2D eigenvalue weighted by Crippen LogP contribution is -2.00. The molecule has 2 rings (SSSR count). The maximum Gasteiger partial charge on any atom is 0.336 e. The van der Waals surface area contributed by atoms with Crippen molar-refractivity contribution >= 4 is 44.4 Å². The smallest absolute Gasteiger partial charge is 0.336 e. The van der Waals surface area contributed by atoms with Crippen LogP contribution < -0.4 is 0 Å². The molecule has 82 valence electrons. The quantitative estimate of drug-likeness (QED) is 0.818. The van der Waals surface area contributed by atoms with Crippen LogP contribution in [0.1, 0.15) is 15.9 Å². The predicted octanol–water partition coefficient (Wildman–Crippen LogP) is 3.66. The molecule has 3 nitrogen and oxygen atoms in total. The SMILES string of the molecule is Cc1cc(Cl)cc2c(C(=O)O)cc(Br)nc12. The average Bonchev–Trinajstić information content (AvgIpc) is 2.18. The summed E-state index contributed by atoms with van der Waals surface area (Å²) in [5.41, 5.74) is 1.70. The maximum atomic E-state index is 11.1. The number of fused-ring (bicyclic) bond motifs is 1. The van der Waals surface area contributed by atoms with Crippen molar-refractivity contribution in [2.24, 2.45) is 0 Å². The number of hydrogen-bond acceptors (Lipinski definition) is 2. The minimum Gasteiger partial charge on any atom is -0.478 e. The third kappa shape index (κ3) is 1.90. The summed E-state index contributed by atoms with van der Waals surface area (Å²) in [5.74, 6) is -0.991. The van der Waals surface area contributed by atoms with E-state index in [0.717, 1.165) is 5.56 Å². The number of aromatic carboxylic acids is 1. The Morgan fingerprint density at radius 2 is 2.12 bits per heavy atom. The molecule has 0 fully saturated rings. The minimum absolute atomic E-state index is 0.197. The summed E-state index contributed by atoms with van der Waals surface area (Å²) in [7, 11) is 0. The monoisotopic (exact) mass is 299 g/mol. The molecule has 1 aromatic heterocycles. The van der Waals surface area contributed by atoms with Crippen molar-refractivity contribution in [3.63, 3.8) is 0 Å². The Morgan fingerprint density at radius 3 is 2.75 bits per heavy atom. The molecular weight excluding hydrogens is 293 g/mol. The van der Waals surface area contributed by atoms with E-state index in [4.69, 9.17) is 16.7 Å². The van der Waals surface area contributed by atoms with Crippen molar-refractivity contribution in [2.75, 3.05) is 0 Å². The van der Waals surface area contributed by atoms with Gasteiger partial charge in [-0.2, -0.15) is 0 Å². The standard InChI is InChI=1S/C11H7BrClNO2/c1-5-2-6(13)3-7-8(11(15)16)4-9(12)14-10(5)7/h2-4H,1H3,(H,15,16). The Balaban J connectivity index is 2.95. The highest BCUT2D eigenvalue weighted by Gasteiger charge is 2.13. The molecule has 1 aromatic carbocycles. The third-order valence-electron chi connectivity index (χ3n) is 2.27. The van der Waals surface area contributed by atoms with E-state index in [1.54, 1.807) is 12.1 Å². The number of benzene rings is 1. The van der Waals surface area contributed by atoms with E-state index in [1.165, 1.54) is 6.07 Å². The molecule has 0 atom stereocenters. The van der Waals surface area contributed by atoms with E-state index < -0.39 is 5.97 Å². The van der Waals surface area contributed by atoms with Crippen molar-refractivity contribution in [1.29, 1.82) is 0 Å². The van der Waals surface area contributed by atoms with E-state index >= 15 is 0 Å². The lowest BCUT2D eigenvalue weighted by Gasteiger charge is -2.06. The number of pyridine rings is 1. The summed E-state index contributed by atoms with van der Waals surface area (Å²) in [6, 6.07) is 4.85. The van der Waals surface area contributed by atoms with E-state index in [-0.39, 0.29) is 5.56 Å². The molecule has 0 aliphatic rings. The number of aromatic nitrogens is 1. The normalized spacial score (nSPS) is 10.7. The van der Waals surface area contributed by atoms with E-state index in [2.05, 4.69) is 20.9 Å². The Hall–Kier alpha value is -1.13. The Kier molecular flexibility index (Phi) is 2.86. The van der Waals surface area contributed by atoms with Crippen molar-refractivity contribution in [3.8, 4) is 0 Å². The van der Waals surface area contributed by atoms with Crippen LogP contribution >= 0.6 is 27.5 Å². The van der Waals surface area contributed by atoms with Gasteiger partial charge in [0.05, 0.1) is 11.1 Å². The number of nitrogens with zero attached hydrogens (tertiary/aromatic N) is 1. The number of aryl methyl sites for hydroxylation is 1. The summed E-state index contributed by atoms with van der Waals surface area (Å²) in [5, 5.41) is 10.2. The molecule has 0 aliphatic heterocycles. The van der Waals surface area contributed by atoms with Crippen molar-refractivity contribution in [1.82, 2.24) is 4.98 Å². The second-order valence-corrected chi connectivity index (χ2v) is 4.67. The molecule has 2 aromatic rings. The summed E-state index contributed by atoms with van der Waals surface area (Å²) in [6.45, 7) is 1.85. The van der Waals surface area contributed by atoms with Crippen LogP contribution in [0.3, 0.4) is 0 Å². The highest BCUT2D eigenvalue weighted by atomic mass is 79.9. The highest BCUT2D eigenvalue weighted by molar-refractivity contribution is 9.10. The molecule has 0 saturated carbocycles. The number of carboxylic acids is 1. The molecular formula is C11H7BrClNO2. The molecule has 0 aliphatic carbocycles. The van der Waals surface area contributed by atoms with Gasteiger partial charge in [-0.25, -0.2) is 9.78 Å². The fourth-order valence-electron chi connectivity index (χ4n) is 1.60. The number of hydrogen-bond donors (Lipinski definition) is 1. The fourth-order valence-corrected chi connectivity index (χ4v) is 2.28. The van der Waals surface area contributed by atoms with Crippen molar-refractivity contribution < 1.29 is 9.90 Å². The minimum atomic E-state index is -0.991. The van der Waals surface area contributed by atoms with Crippen LogP contribution in [0.15, 0.2) is 22.8 Å². The lowest BCUT2D eigenvalue weighted by atomic mass is 10.1. The molecule has 0 spiro atoms. The molecule has 1 N–H and O–H groups in total. The van der Waals surface area contributed by atoms with Gasteiger partial charge in [0.1, 0.15) is 4.60 Å². The van der Waals surface area contributed by atoms with E-state index in [0.29, 0.717) is 20.5 Å². The first-order valence-electron chi connectivity index (χ1n) is 4.48. The van der Waals surface area contributed by atoms with Gasteiger partial charge < -0.3 is 5.11 Å². The summed E-state index contributed by atoms with van der Waals surface area (Å²) >= 11 is 9.10. The zero-order valence-corrected chi connectivity index (χ0v) is 10.6. The molecule has 0 saturated heterocycles. The van der Waals surface area contributed by atoms with Gasteiger partial charge in [0.2, 0.25) is 0 Å². The first kappa shape index (κ1) is 11.4. The number of carboxylic acid groups (broad SMARTS) is 1. The molecule has 0 radical (unpaired) electrons. The Morgan fingerprint density at radius 1 is 1.44 bits per heavy atom. The van der Waals surface area contributed by atoms with Crippen molar-refractivity contribution in [3.05, 3.63) is 39.0 Å². The highest BCUT2D eigenvalue weighted by Crippen LogP contribution is 2.27. The predicted molar refractivity (Wildman–Crippen MR) is 66.1 cm³/mol. The van der Waals surface area contributed by atoms with Crippen LogP contribution in [-0.2, 0) is 0 Å². The molecule has 0 unspecified atom stereocenters. The third-order valence-corrected chi connectivity index (χ3v) is 2.89. The molecule has 1 heterocycles. The van der Waals surface area contributed by atoms with Crippen LogP contribution in [0.5, 0.6) is 0 Å². The largest absolute Gasteiger partial charge is 0.478 e. The van der Waals surface area contributed by atoms with Gasteiger partial charge in [0.25, 0.3) is 0 Å².